The minimum atomic E-state index is -0.0699. The molecule has 1 fully saturated rings. The van der Waals surface area contributed by atoms with Crippen LogP contribution >= 0.6 is 11.3 Å². The lowest BCUT2D eigenvalue weighted by Gasteiger charge is -2.34. The number of nitrogens with one attached hydrogen (secondary N) is 1. The van der Waals surface area contributed by atoms with E-state index in [9.17, 15) is 9.59 Å². The van der Waals surface area contributed by atoms with Crippen molar-refractivity contribution < 1.29 is 9.59 Å². The number of benzene rings is 2. The SMILES string of the molecule is Cc1ccc(-c2nc(C)c(C(=O)N3CCC([C@H](C)C(=O)NCc4ccccc4C)CC3)s2)cc1. The molecule has 178 valence electrons. The van der Waals surface area contributed by atoms with Gasteiger partial charge in [0.15, 0.2) is 0 Å². The minimum Gasteiger partial charge on any atom is -0.352 e. The maximum atomic E-state index is 13.2. The molecule has 1 N–H and O–H groups in total. The summed E-state index contributed by atoms with van der Waals surface area (Å²) in [6.07, 6.45) is 1.68. The lowest BCUT2D eigenvalue weighted by molar-refractivity contribution is -0.126. The van der Waals surface area contributed by atoms with Crippen LogP contribution in [0.25, 0.3) is 10.6 Å². The van der Waals surface area contributed by atoms with Crippen molar-refractivity contribution in [1.29, 1.82) is 0 Å². The van der Waals surface area contributed by atoms with Gasteiger partial charge in [-0.15, -0.1) is 11.3 Å². The first-order valence-corrected chi connectivity index (χ1v) is 12.8. The average Bonchev–Trinajstić information content (AvgIpc) is 3.24. The first-order valence-electron chi connectivity index (χ1n) is 12.0. The Kier molecular flexibility index (Phi) is 7.47. The highest BCUT2D eigenvalue weighted by Gasteiger charge is 2.31. The van der Waals surface area contributed by atoms with Crippen LogP contribution in [0, 0.1) is 32.6 Å². The second kappa shape index (κ2) is 10.5. The topological polar surface area (TPSA) is 62.3 Å². The number of nitrogens with zero attached hydrogens (tertiary/aromatic N) is 2. The van der Waals surface area contributed by atoms with Crippen molar-refractivity contribution in [3.63, 3.8) is 0 Å². The molecular formula is C28H33N3O2S. The Hall–Kier alpha value is -2.99. The van der Waals surface area contributed by atoms with E-state index in [0.717, 1.165) is 39.5 Å². The van der Waals surface area contributed by atoms with Crippen molar-refractivity contribution in [3.8, 4) is 10.6 Å². The van der Waals surface area contributed by atoms with E-state index in [4.69, 9.17) is 0 Å². The van der Waals surface area contributed by atoms with Gasteiger partial charge in [0, 0.05) is 31.1 Å². The fourth-order valence-electron chi connectivity index (χ4n) is 4.53. The van der Waals surface area contributed by atoms with Gasteiger partial charge in [0.1, 0.15) is 9.88 Å². The number of rotatable bonds is 6. The van der Waals surface area contributed by atoms with Gasteiger partial charge in [0.2, 0.25) is 5.91 Å². The summed E-state index contributed by atoms with van der Waals surface area (Å²) < 4.78 is 0. The third kappa shape index (κ3) is 5.39. The van der Waals surface area contributed by atoms with Crippen LogP contribution in [0.3, 0.4) is 0 Å². The van der Waals surface area contributed by atoms with Crippen LogP contribution in [0.15, 0.2) is 48.5 Å². The van der Waals surface area contributed by atoms with E-state index < -0.39 is 0 Å². The summed E-state index contributed by atoms with van der Waals surface area (Å²) in [4.78, 5) is 33.3. The first-order chi connectivity index (χ1) is 16.3. The summed E-state index contributed by atoms with van der Waals surface area (Å²) in [7, 11) is 0. The molecule has 34 heavy (non-hydrogen) atoms. The summed E-state index contributed by atoms with van der Waals surface area (Å²) >= 11 is 1.47. The van der Waals surface area contributed by atoms with Gasteiger partial charge in [-0.2, -0.15) is 0 Å². The average molecular weight is 476 g/mol. The predicted octanol–water partition coefficient (Wildman–Crippen LogP) is 5.54. The molecular weight excluding hydrogens is 442 g/mol. The second-order valence-electron chi connectivity index (χ2n) is 9.36. The minimum absolute atomic E-state index is 0.0588. The Morgan fingerprint density at radius 1 is 1.06 bits per heavy atom. The number of carbonyl (C=O) groups excluding carboxylic acids is 2. The highest BCUT2D eigenvalue weighted by atomic mass is 32.1. The number of likely N-dealkylation sites (tertiary alicyclic amines) is 1. The molecule has 1 aliphatic heterocycles. The monoisotopic (exact) mass is 475 g/mol. The number of hydrogen-bond acceptors (Lipinski definition) is 4. The smallest absolute Gasteiger partial charge is 0.265 e. The molecule has 0 unspecified atom stereocenters. The van der Waals surface area contributed by atoms with Gasteiger partial charge in [-0.1, -0.05) is 61.0 Å². The Labute approximate surface area is 206 Å². The third-order valence-corrected chi connectivity index (χ3v) is 8.15. The molecule has 1 saturated heterocycles. The van der Waals surface area contributed by atoms with Crippen molar-refractivity contribution in [3.05, 3.63) is 75.8 Å². The molecule has 2 amide bonds. The number of carbonyl (C=O) groups is 2. The number of hydrogen-bond donors (Lipinski definition) is 1. The normalized spacial score (nSPS) is 15.2. The van der Waals surface area contributed by atoms with Crippen molar-refractivity contribution in [2.45, 2.75) is 47.1 Å². The van der Waals surface area contributed by atoms with Crippen LogP contribution in [0.5, 0.6) is 0 Å². The van der Waals surface area contributed by atoms with Crippen molar-refractivity contribution in [1.82, 2.24) is 15.2 Å². The lowest BCUT2D eigenvalue weighted by Crippen LogP contribution is -2.42. The van der Waals surface area contributed by atoms with E-state index in [-0.39, 0.29) is 23.7 Å². The summed E-state index contributed by atoms with van der Waals surface area (Å²) in [5, 5.41) is 3.98. The molecule has 1 aliphatic rings. The summed E-state index contributed by atoms with van der Waals surface area (Å²) in [6, 6.07) is 16.4. The zero-order valence-corrected chi connectivity index (χ0v) is 21.2. The van der Waals surface area contributed by atoms with Gasteiger partial charge in [-0.3, -0.25) is 9.59 Å². The maximum absolute atomic E-state index is 13.2. The number of thiazole rings is 1. The molecule has 2 heterocycles. The highest BCUT2D eigenvalue weighted by molar-refractivity contribution is 7.17. The van der Waals surface area contributed by atoms with Gasteiger partial charge in [-0.25, -0.2) is 4.98 Å². The van der Waals surface area contributed by atoms with E-state index in [2.05, 4.69) is 60.5 Å². The van der Waals surface area contributed by atoms with E-state index in [1.54, 1.807) is 0 Å². The number of aryl methyl sites for hydroxylation is 3. The van der Waals surface area contributed by atoms with E-state index in [0.29, 0.717) is 19.6 Å². The summed E-state index contributed by atoms with van der Waals surface area (Å²) in [5.41, 5.74) is 5.37. The molecule has 5 nitrogen and oxygen atoms in total. The van der Waals surface area contributed by atoms with E-state index >= 15 is 0 Å². The van der Waals surface area contributed by atoms with Crippen LogP contribution in [-0.4, -0.2) is 34.8 Å². The molecule has 2 aromatic carbocycles. The Bertz CT molecular complexity index is 1160. The Balaban J connectivity index is 1.32. The number of aromatic nitrogens is 1. The predicted molar refractivity (Wildman–Crippen MR) is 138 cm³/mol. The van der Waals surface area contributed by atoms with Crippen LogP contribution in [0.1, 0.15) is 51.8 Å². The van der Waals surface area contributed by atoms with Crippen molar-refractivity contribution in [2.75, 3.05) is 13.1 Å². The van der Waals surface area contributed by atoms with Crippen LogP contribution < -0.4 is 5.32 Å². The van der Waals surface area contributed by atoms with Crippen LogP contribution in [0.2, 0.25) is 0 Å². The van der Waals surface area contributed by atoms with Gasteiger partial charge < -0.3 is 10.2 Å². The van der Waals surface area contributed by atoms with Crippen LogP contribution in [-0.2, 0) is 11.3 Å². The molecule has 0 saturated carbocycles. The Morgan fingerprint density at radius 3 is 2.41 bits per heavy atom. The molecule has 1 aromatic heterocycles. The summed E-state index contributed by atoms with van der Waals surface area (Å²) in [6.45, 7) is 9.95. The molecule has 0 spiro atoms. The number of amides is 2. The molecule has 4 rings (SSSR count). The van der Waals surface area contributed by atoms with E-state index in [1.807, 2.05) is 30.9 Å². The highest BCUT2D eigenvalue weighted by Crippen LogP contribution is 2.31. The van der Waals surface area contributed by atoms with Crippen molar-refractivity contribution >= 4 is 23.2 Å². The van der Waals surface area contributed by atoms with Gasteiger partial charge in [-0.05, 0) is 50.7 Å². The molecule has 0 radical (unpaired) electrons. The quantitative estimate of drug-likeness (QED) is 0.509. The zero-order chi connectivity index (χ0) is 24.2. The molecule has 1 atom stereocenters. The second-order valence-corrected chi connectivity index (χ2v) is 10.4. The first kappa shape index (κ1) is 24.1. The van der Waals surface area contributed by atoms with Crippen LogP contribution in [0.4, 0.5) is 0 Å². The maximum Gasteiger partial charge on any atom is 0.265 e. The number of piperidine rings is 1. The van der Waals surface area contributed by atoms with Gasteiger partial charge in [0.25, 0.3) is 5.91 Å². The Morgan fingerprint density at radius 2 is 1.74 bits per heavy atom. The van der Waals surface area contributed by atoms with Gasteiger partial charge >= 0.3 is 0 Å². The fourth-order valence-corrected chi connectivity index (χ4v) is 5.57. The van der Waals surface area contributed by atoms with Gasteiger partial charge in [0.05, 0.1) is 5.69 Å². The zero-order valence-electron chi connectivity index (χ0n) is 20.4. The lowest BCUT2D eigenvalue weighted by atomic mass is 9.84. The van der Waals surface area contributed by atoms with Crippen molar-refractivity contribution in [2.24, 2.45) is 11.8 Å². The fraction of sp³-hybridized carbons (Fsp3) is 0.393. The molecule has 6 heteroatoms. The van der Waals surface area contributed by atoms with E-state index in [1.165, 1.54) is 22.5 Å². The standard InChI is InChI=1S/C28H33N3O2S/c1-18-9-11-23(12-10-18)27-30-21(4)25(34-27)28(33)31-15-13-22(14-16-31)20(3)26(32)29-17-24-8-6-5-7-19(24)2/h5-12,20,22H,13-17H2,1-4H3,(H,29,32)/t20-/m0/s1. The molecule has 0 bridgehead atoms. The summed E-state index contributed by atoms with van der Waals surface area (Å²) in [5.74, 6) is 0.365. The molecule has 3 aromatic rings. The third-order valence-electron chi connectivity index (χ3n) is 6.95. The largest absolute Gasteiger partial charge is 0.352 e. The molecule has 0 aliphatic carbocycles.